The van der Waals surface area contributed by atoms with Gasteiger partial charge in [-0.15, -0.1) is 0 Å². The van der Waals surface area contributed by atoms with Gasteiger partial charge in [0, 0.05) is 17.9 Å². The maximum absolute atomic E-state index is 12.7. The lowest BCUT2D eigenvalue weighted by atomic mass is 9.84. The molecule has 1 aliphatic carbocycles. The molecule has 2 rings (SSSR count). The van der Waals surface area contributed by atoms with E-state index >= 15 is 0 Å². The summed E-state index contributed by atoms with van der Waals surface area (Å²) in [6, 6.07) is 4.05. The molecule has 0 spiro atoms. The van der Waals surface area contributed by atoms with Crippen LogP contribution in [0.25, 0.3) is 0 Å². The molecule has 1 amide bonds. The van der Waals surface area contributed by atoms with Gasteiger partial charge in [-0.3, -0.25) is 4.79 Å². The molecule has 48 heavy (non-hydrogen) atoms. The van der Waals surface area contributed by atoms with E-state index in [9.17, 15) is 9.59 Å². The van der Waals surface area contributed by atoms with Crippen LogP contribution in [0, 0.1) is 0 Å². The van der Waals surface area contributed by atoms with Crippen molar-refractivity contribution in [1.82, 2.24) is 5.32 Å². The third-order valence-electron chi connectivity index (χ3n) is 8.47. The van der Waals surface area contributed by atoms with Gasteiger partial charge >= 0.3 is 6.16 Å². The monoisotopic (exact) mass is 661 g/mol. The quantitative estimate of drug-likeness (QED) is 0.0516. The number of hydrogen-bond acceptors (Lipinski definition) is 5. The van der Waals surface area contributed by atoms with E-state index in [1.165, 1.54) is 31.3 Å². The van der Waals surface area contributed by atoms with Gasteiger partial charge in [0.25, 0.3) is 0 Å². The van der Waals surface area contributed by atoms with E-state index in [2.05, 4.69) is 86.8 Å². The van der Waals surface area contributed by atoms with Gasteiger partial charge in [-0.25, -0.2) is 4.79 Å². The van der Waals surface area contributed by atoms with Crippen LogP contribution in [0.2, 0.25) is 0 Å². The van der Waals surface area contributed by atoms with Gasteiger partial charge in [0.05, 0.1) is 13.7 Å². The molecule has 1 aliphatic rings. The van der Waals surface area contributed by atoms with Gasteiger partial charge in [0.1, 0.15) is 18.1 Å². The number of allylic oxidation sites excluding steroid dienone is 10. The molecule has 0 bridgehead atoms. The predicted molar refractivity (Wildman–Crippen MR) is 200 cm³/mol. The number of benzene rings is 1. The van der Waals surface area contributed by atoms with Crippen LogP contribution >= 0.6 is 0 Å². The van der Waals surface area contributed by atoms with Gasteiger partial charge in [-0.1, -0.05) is 99.8 Å². The van der Waals surface area contributed by atoms with Gasteiger partial charge in [-0.2, -0.15) is 0 Å². The lowest BCUT2D eigenvalue weighted by Gasteiger charge is -2.24. The van der Waals surface area contributed by atoms with E-state index < -0.39 is 6.16 Å². The second kappa shape index (κ2) is 26.4. The zero-order valence-corrected chi connectivity index (χ0v) is 30.4. The molecular weight excluding hydrogens is 598 g/mol. The molecule has 6 heteroatoms. The van der Waals surface area contributed by atoms with Crippen molar-refractivity contribution in [1.29, 1.82) is 0 Å². The fourth-order valence-corrected chi connectivity index (χ4v) is 5.81. The number of nitrogens with one attached hydrogen (secondary N) is 1. The van der Waals surface area contributed by atoms with E-state index in [0.29, 0.717) is 12.2 Å². The van der Waals surface area contributed by atoms with E-state index in [-0.39, 0.29) is 25.0 Å². The second-order valence-corrected chi connectivity index (χ2v) is 12.7. The number of methoxy groups -OCH3 is 1. The van der Waals surface area contributed by atoms with E-state index in [1.807, 2.05) is 6.07 Å². The van der Waals surface area contributed by atoms with Crippen LogP contribution in [0.1, 0.15) is 141 Å². The van der Waals surface area contributed by atoms with Crippen LogP contribution in [0.4, 0.5) is 4.79 Å². The molecule has 0 fully saturated rings. The Morgan fingerprint density at radius 2 is 1.46 bits per heavy atom. The number of amides is 1. The van der Waals surface area contributed by atoms with Gasteiger partial charge in [-0.05, 0) is 102 Å². The lowest BCUT2D eigenvalue weighted by molar-refractivity contribution is -0.121. The Bertz CT molecular complexity index is 1210. The molecule has 6 nitrogen and oxygen atoms in total. The first-order valence-electron chi connectivity index (χ1n) is 18.6. The summed E-state index contributed by atoms with van der Waals surface area (Å²) in [6.07, 6.45) is 36.5. The topological polar surface area (TPSA) is 73.9 Å². The van der Waals surface area contributed by atoms with Crippen molar-refractivity contribution in [3.63, 3.8) is 0 Å². The molecule has 0 saturated carbocycles. The normalized spacial score (nSPS) is 15.1. The third-order valence-corrected chi connectivity index (χ3v) is 8.47. The van der Waals surface area contributed by atoms with Crippen molar-refractivity contribution < 1.29 is 23.8 Å². The molecule has 266 valence electrons. The standard InChI is InChI=1S/C42H63NO5/c1-5-7-9-10-11-12-13-14-15-16-17-18-19-20-21-22-24-29-40(44)43-30-31-47-42(45)48-39-34-36(27-23-8-6-2)33-38(46-4)41(39)37-28-25-26-35(3)32-37/h11-12,14-15,17-18,20-21,32-34,37H,5-10,13,16,19,22-31H2,1-4H3,(H,43,44)/b12-11-,15-14-,18-17-,21-20-/t37-/m0/s1. The van der Waals surface area contributed by atoms with Crippen LogP contribution in [-0.2, 0) is 16.0 Å². The van der Waals surface area contributed by atoms with Crippen molar-refractivity contribution in [3.05, 3.63) is 83.5 Å². The molecule has 1 N–H and O–H groups in total. The van der Waals surface area contributed by atoms with Gasteiger partial charge < -0.3 is 19.5 Å². The summed E-state index contributed by atoms with van der Waals surface area (Å²) in [5, 5.41) is 2.84. The van der Waals surface area contributed by atoms with E-state index in [0.717, 1.165) is 93.9 Å². The van der Waals surface area contributed by atoms with Crippen LogP contribution in [0.15, 0.2) is 72.4 Å². The number of carbonyl (C=O) groups is 2. The first-order chi connectivity index (χ1) is 23.5. The number of aryl methyl sites for hydroxylation is 1. The summed E-state index contributed by atoms with van der Waals surface area (Å²) in [4.78, 5) is 25.0. The fourth-order valence-electron chi connectivity index (χ4n) is 5.81. The Morgan fingerprint density at radius 3 is 2.10 bits per heavy atom. The van der Waals surface area contributed by atoms with Gasteiger partial charge in [0.15, 0.2) is 0 Å². The summed E-state index contributed by atoms with van der Waals surface area (Å²) in [7, 11) is 1.67. The van der Waals surface area contributed by atoms with Crippen LogP contribution in [0.3, 0.4) is 0 Å². The first kappa shape index (κ1) is 40.6. The minimum absolute atomic E-state index is 0.0471. The highest BCUT2D eigenvalue weighted by Crippen LogP contribution is 2.42. The number of rotatable bonds is 24. The highest BCUT2D eigenvalue weighted by Gasteiger charge is 2.25. The van der Waals surface area contributed by atoms with Gasteiger partial charge in [0.2, 0.25) is 5.91 Å². The third kappa shape index (κ3) is 18.1. The Kier molecular flexibility index (Phi) is 22.4. The first-order valence-corrected chi connectivity index (χ1v) is 18.6. The van der Waals surface area contributed by atoms with Crippen LogP contribution < -0.4 is 14.8 Å². The molecule has 0 unspecified atom stereocenters. The zero-order valence-electron chi connectivity index (χ0n) is 30.4. The minimum Gasteiger partial charge on any atom is -0.496 e. The maximum atomic E-state index is 12.7. The number of ether oxygens (including phenoxy) is 3. The highest BCUT2D eigenvalue weighted by atomic mass is 16.7. The summed E-state index contributed by atoms with van der Waals surface area (Å²) in [6.45, 7) is 6.86. The van der Waals surface area contributed by atoms with Crippen molar-refractivity contribution in [3.8, 4) is 11.5 Å². The number of carbonyl (C=O) groups excluding carboxylic acids is 2. The summed E-state index contributed by atoms with van der Waals surface area (Å²) in [5.41, 5.74) is 3.32. The van der Waals surface area contributed by atoms with E-state index in [1.54, 1.807) is 7.11 Å². The average molecular weight is 662 g/mol. The molecule has 1 atom stereocenters. The van der Waals surface area contributed by atoms with Crippen LogP contribution in [0.5, 0.6) is 11.5 Å². The molecular formula is C42H63NO5. The number of hydrogen-bond donors (Lipinski definition) is 1. The van der Waals surface area contributed by atoms with Crippen molar-refractivity contribution in [2.75, 3.05) is 20.3 Å². The lowest BCUT2D eigenvalue weighted by Crippen LogP contribution is -2.28. The Hall–Kier alpha value is -3.54. The molecule has 1 aromatic rings. The zero-order chi connectivity index (χ0) is 34.7. The van der Waals surface area contributed by atoms with Crippen LogP contribution in [-0.4, -0.2) is 32.3 Å². The smallest absolute Gasteiger partial charge is 0.496 e. The molecule has 0 radical (unpaired) electrons. The molecule has 1 aromatic carbocycles. The Balaban J connectivity index is 1.67. The second-order valence-electron chi connectivity index (χ2n) is 12.7. The Labute approximate surface area is 291 Å². The molecule has 0 aromatic heterocycles. The maximum Gasteiger partial charge on any atom is 0.513 e. The van der Waals surface area contributed by atoms with E-state index in [4.69, 9.17) is 14.2 Å². The summed E-state index contributed by atoms with van der Waals surface area (Å²) >= 11 is 0. The molecule has 0 aliphatic heterocycles. The fraction of sp³-hybridized carbons (Fsp3) is 0.571. The summed E-state index contributed by atoms with van der Waals surface area (Å²) < 4.78 is 17.0. The number of unbranched alkanes of at least 4 members (excludes halogenated alkanes) is 6. The predicted octanol–water partition coefficient (Wildman–Crippen LogP) is 11.4. The molecule has 0 heterocycles. The van der Waals surface area contributed by atoms with Crippen molar-refractivity contribution in [2.45, 2.75) is 136 Å². The SMILES string of the molecule is CCCCC/C=C\C/C=C\C/C=C\C/C=C\CCCC(=O)NCCOC(=O)Oc1cc(CCCCC)cc(OC)c1[C@@H]1C=C(C)CCC1. The summed E-state index contributed by atoms with van der Waals surface area (Å²) in [5.74, 6) is 1.33. The average Bonchev–Trinajstić information content (AvgIpc) is 3.08. The Morgan fingerprint density at radius 1 is 0.833 bits per heavy atom. The minimum atomic E-state index is -0.768. The van der Waals surface area contributed by atoms with Crippen molar-refractivity contribution >= 4 is 12.1 Å². The largest absolute Gasteiger partial charge is 0.513 e. The molecule has 0 saturated heterocycles. The highest BCUT2D eigenvalue weighted by molar-refractivity contribution is 5.75. The van der Waals surface area contributed by atoms with Crippen molar-refractivity contribution in [2.24, 2.45) is 0 Å².